The molecule has 5 heterocycles. The van der Waals surface area contributed by atoms with E-state index in [0.717, 1.165) is 70.2 Å². The zero-order valence-corrected chi connectivity index (χ0v) is 38.2. The Bertz CT molecular complexity index is 3160. The lowest BCUT2D eigenvalue weighted by atomic mass is 9.33. The Labute approximate surface area is 372 Å². The van der Waals surface area contributed by atoms with Gasteiger partial charge in [0, 0.05) is 50.3 Å². The van der Waals surface area contributed by atoms with Crippen LogP contribution in [0.4, 0.5) is 44.2 Å². The highest BCUT2D eigenvalue weighted by molar-refractivity contribution is 7.00. The van der Waals surface area contributed by atoms with Crippen LogP contribution in [0.1, 0.15) is 122 Å². The Morgan fingerprint density at radius 2 is 1.30 bits per heavy atom. The van der Waals surface area contributed by atoms with Gasteiger partial charge in [-0.2, -0.15) is 0 Å². The maximum Gasteiger partial charge on any atom is 0.252 e. The quantitative estimate of drug-likeness (QED) is 0.162. The van der Waals surface area contributed by atoms with Crippen LogP contribution in [0, 0.1) is 12.7 Å². The maximum atomic E-state index is 15.3. The van der Waals surface area contributed by atoms with Gasteiger partial charge in [0.1, 0.15) is 17.0 Å². The van der Waals surface area contributed by atoms with Gasteiger partial charge in [-0.1, -0.05) is 103 Å². The van der Waals surface area contributed by atoms with Crippen molar-refractivity contribution in [1.82, 2.24) is 0 Å². The topological polar surface area (TPSA) is 22.9 Å². The van der Waals surface area contributed by atoms with Crippen LogP contribution in [-0.4, -0.2) is 17.8 Å². The fraction of sp³-hybridized carbons (Fsp3) is 0.368. The van der Waals surface area contributed by atoms with Gasteiger partial charge in [0.05, 0.1) is 22.2 Å². The van der Waals surface area contributed by atoms with Crippen LogP contribution >= 0.6 is 0 Å². The molecular formula is C57H57BFN3O. The second-order valence-corrected chi connectivity index (χ2v) is 22.1. The number of aryl methyl sites for hydroxylation is 1. The molecule has 4 unspecified atom stereocenters. The van der Waals surface area contributed by atoms with Gasteiger partial charge in [-0.15, -0.1) is 0 Å². The molecule has 1 aromatic heterocycles. The van der Waals surface area contributed by atoms with Crippen molar-refractivity contribution in [2.45, 2.75) is 134 Å². The average Bonchev–Trinajstić information content (AvgIpc) is 3.81. The summed E-state index contributed by atoms with van der Waals surface area (Å²) in [5.41, 5.74) is 19.6. The lowest BCUT2D eigenvalue weighted by Crippen LogP contribution is -2.64. The van der Waals surface area contributed by atoms with Gasteiger partial charge >= 0.3 is 0 Å². The Balaban J connectivity index is 1.15. The Kier molecular flexibility index (Phi) is 7.36. The molecule has 4 nitrogen and oxygen atoms in total. The average molecular weight is 830 g/mol. The van der Waals surface area contributed by atoms with Crippen LogP contribution in [0.15, 0.2) is 108 Å². The van der Waals surface area contributed by atoms with Gasteiger partial charge in [-0.3, -0.25) is 0 Å². The summed E-state index contributed by atoms with van der Waals surface area (Å²) >= 11 is 0. The normalized spacial score (nSPS) is 26.4. The number of anilines is 7. The van der Waals surface area contributed by atoms with E-state index in [9.17, 15) is 0 Å². The van der Waals surface area contributed by atoms with Crippen LogP contribution in [0.25, 0.3) is 21.9 Å². The molecule has 6 aliphatic rings. The summed E-state index contributed by atoms with van der Waals surface area (Å²) in [7, 11) is 0. The molecule has 2 fully saturated rings. The van der Waals surface area contributed by atoms with E-state index in [-0.39, 0.29) is 39.9 Å². The summed E-state index contributed by atoms with van der Waals surface area (Å²) < 4.78 is 21.9. The number of hydrogen-bond donors (Lipinski definition) is 0. The van der Waals surface area contributed by atoms with Crippen molar-refractivity contribution < 1.29 is 8.81 Å². The Morgan fingerprint density at radius 3 is 2.08 bits per heavy atom. The molecule has 0 saturated heterocycles. The molecule has 316 valence electrons. The first-order chi connectivity index (χ1) is 30.2. The number of rotatable bonds is 2. The highest BCUT2D eigenvalue weighted by atomic mass is 19.1. The number of benzene rings is 6. The second kappa shape index (κ2) is 12.2. The molecule has 0 radical (unpaired) electrons. The van der Waals surface area contributed by atoms with Gasteiger partial charge in [-0.25, -0.2) is 4.39 Å². The van der Waals surface area contributed by atoms with Crippen molar-refractivity contribution in [2.75, 3.05) is 14.7 Å². The standard InChI is InChI=1S/C57H57BFN3O/c1-34-28-46-51-47(29-34)62-52-40(55(6)25-12-14-27-57(55,62)8)30-35(53(2,3)4)31-42(52)58(51)41-22-21-37(61-43-23-20-36(59)32-39(43)54(5)24-11-13-26-56(54,61)7)33-45(41)60(46)44-17-15-19-49-50(44)38-16-9-10-18-48(38)63-49/h9-10,15-23,28-33H,11-14,24-27H2,1-8H3. The van der Waals surface area contributed by atoms with Crippen LogP contribution < -0.4 is 31.1 Å². The molecule has 63 heavy (non-hydrogen) atoms. The molecule has 0 amide bonds. The van der Waals surface area contributed by atoms with E-state index in [0.29, 0.717) is 0 Å². The highest BCUT2D eigenvalue weighted by Gasteiger charge is 2.62. The fourth-order valence-electron chi connectivity index (χ4n) is 14.3. The van der Waals surface area contributed by atoms with Crippen molar-refractivity contribution in [3.05, 3.63) is 131 Å². The number of furan rings is 1. The van der Waals surface area contributed by atoms with Gasteiger partial charge < -0.3 is 19.1 Å². The van der Waals surface area contributed by atoms with E-state index in [1.807, 2.05) is 6.07 Å². The van der Waals surface area contributed by atoms with Crippen molar-refractivity contribution in [1.29, 1.82) is 0 Å². The Hall–Kier alpha value is -5.49. The van der Waals surface area contributed by atoms with E-state index < -0.39 is 0 Å². The van der Waals surface area contributed by atoms with Crippen LogP contribution in [0.5, 0.6) is 0 Å². The highest BCUT2D eigenvalue weighted by Crippen LogP contribution is 2.64. The number of hydrogen-bond acceptors (Lipinski definition) is 4. The smallest absolute Gasteiger partial charge is 0.252 e. The maximum absolute atomic E-state index is 15.3. The monoisotopic (exact) mass is 829 g/mol. The molecule has 6 aromatic carbocycles. The van der Waals surface area contributed by atoms with E-state index in [1.165, 1.54) is 75.9 Å². The third-order valence-electron chi connectivity index (χ3n) is 18.0. The van der Waals surface area contributed by atoms with E-state index in [4.69, 9.17) is 4.42 Å². The van der Waals surface area contributed by atoms with Gasteiger partial charge in [0.15, 0.2) is 0 Å². The van der Waals surface area contributed by atoms with Crippen molar-refractivity contribution >= 4 is 84.9 Å². The minimum Gasteiger partial charge on any atom is -0.456 e. The first kappa shape index (κ1) is 38.0. The molecule has 0 bridgehead atoms. The van der Waals surface area contributed by atoms with Gasteiger partial charge in [0.25, 0.3) is 6.71 Å². The first-order valence-corrected chi connectivity index (χ1v) is 23.7. The summed E-state index contributed by atoms with van der Waals surface area (Å²) in [6.07, 6.45) is 9.27. The molecule has 7 aromatic rings. The van der Waals surface area contributed by atoms with Gasteiger partial charge in [-0.05, 0) is 151 Å². The molecule has 2 aliphatic carbocycles. The minimum absolute atomic E-state index is 0.0130. The lowest BCUT2D eigenvalue weighted by molar-refractivity contribution is 0.194. The largest absolute Gasteiger partial charge is 0.456 e. The summed E-state index contributed by atoms with van der Waals surface area (Å²) in [4.78, 5) is 8.06. The summed E-state index contributed by atoms with van der Waals surface area (Å²) in [5, 5.41) is 2.26. The molecule has 4 atom stereocenters. The summed E-state index contributed by atoms with van der Waals surface area (Å²) in [5.74, 6) is -0.150. The van der Waals surface area contributed by atoms with Crippen molar-refractivity contribution in [2.24, 2.45) is 0 Å². The molecule has 13 rings (SSSR count). The molecule has 0 N–H and O–H groups in total. The van der Waals surface area contributed by atoms with Crippen LogP contribution in [0.2, 0.25) is 0 Å². The van der Waals surface area contributed by atoms with E-state index in [2.05, 4.69) is 161 Å². The predicted molar refractivity (Wildman–Crippen MR) is 262 cm³/mol. The third kappa shape index (κ3) is 4.58. The molecule has 6 heteroatoms. The predicted octanol–water partition coefficient (Wildman–Crippen LogP) is 13.4. The van der Waals surface area contributed by atoms with E-state index >= 15 is 4.39 Å². The molecule has 2 saturated carbocycles. The molecule has 0 spiro atoms. The fourth-order valence-corrected chi connectivity index (χ4v) is 14.3. The number of nitrogens with zero attached hydrogens (tertiary/aromatic N) is 3. The minimum atomic E-state index is -0.216. The van der Waals surface area contributed by atoms with Crippen LogP contribution in [-0.2, 0) is 16.2 Å². The van der Waals surface area contributed by atoms with Crippen LogP contribution in [0.3, 0.4) is 0 Å². The molecular weight excluding hydrogens is 772 g/mol. The summed E-state index contributed by atoms with van der Waals surface area (Å²) in [6.45, 7) is 19.5. The van der Waals surface area contributed by atoms with Crippen molar-refractivity contribution in [3.8, 4) is 0 Å². The first-order valence-electron chi connectivity index (χ1n) is 23.7. The number of para-hydroxylation sites is 1. The zero-order valence-electron chi connectivity index (χ0n) is 38.2. The third-order valence-corrected chi connectivity index (χ3v) is 18.0. The summed E-state index contributed by atoms with van der Waals surface area (Å²) in [6, 6.07) is 38.3. The SMILES string of the molecule is Cc1cc2c3c(c1)N1c4c(cc(C(C)(C)C)cc4C4(C)CCCCC14C)B3c1ccc(N3c4ccc(F)cc4C4(C)CCCCC34C)cc1N2c1cccc2oc3ccccc3c12. The van der Waals surface area contributed by atoms with E-state index in [1.54, 1.807) is 11.6 Å². The van der Waals surface area contributed by atoms with Gasteiger partial charge in [0.2, 0.25) is 0 Å². The van der Waals surface area contributed by atoms with Crippen molar-refractivity contribution in [3.63, 3.8) is 0 Å². The second-order valence-electron chi connectivity index (χ2n) is 22.1. The molecule has 4 aliphatic heterocycles. The zero-order chi connectivity index (χ0) is 43.2. The number of halogens is 1. The number of fused-ring (bicyclic) bond motifs is 13. The Morgan fingerprint density at radius 1 is 0.603 bits per heavy atom. The lowest BCUT2D eigenvalue weighted by Gasteiger charge is -2.53.